The van der Waals surface area contributed by atoms with E-state index in [1.807, 2.05) is 19.3 Å². The molecule has 72 valence electrons. The summed E-state index contributed by atoms with van der Waals surface area (Å²) < 4.78 is 2.66. The highest BCUT2D eigenvalue weighted by molar-refractivity contribution is 9.10. The molecule has 2 rings (SSSR count). The number of pyridine rings is 1. The molecule has 14 heavy (non-hydrogen) atoms. The summed E-state index contributed by atoms with van der Waals surface area (Å²) in [4.78, 5) is 4.18. The molecule has 0 radical (unpaired) electrons. The molecule has 0 saturated heterocycles. The molecule has 0 bridgehead atoms. The zero-order valence-corrected chi connectivity index (χ0v) is 9.75. The van der Waals surface area contributed by atoms with Gasteiger partial charge in [0.05, 0.1) is 15.2 Å². The van der Waals surface area contributed by atoms with Crippen molar-refractivity contribution in [2.45, 2.75) is 0 Å². The molecule has 3 nitrogen and oxygen atoms in total. The predicted molar refractivity (Wildman–Crippen MR) is 59.1 cm³/mol. The first-order valence-electron chi connectivity index (χ1n) is 3.98. The number of hydrogen-bond acceptors (Lipinski definition) is 2. The van der Waals surface area contributed by atoms with Crippen LogP contribution in [0.4, 0.5) is 0 Å². The summed E-state index contributed by atoms with van der Waals surface area (Å²) in [6.45, 7) is 0. The van der Waals surface area contributed by atoms with Gasteiger partial charge in [0.25, 0.3) is 0 Å². The molecule has 2 aromatic heterocycles. The topological polar surface area (TPSA) is 30.7 Å². The van der Waals surface area contributed by atoms with Gasteiger partial charge in [0, 0.05) is 19.4 Å². The van der Waals surface area contributed by atoms with Gasteiger partial charge >= 0.3 is 0 Å². The van der Waals surface area contributed by atoms with E-state index in [9.17, 15) is 0 Å². The fraction of sp³-hybridized carbons (Fsp3) is 0.111. The maximum atomic E-state index is 5.74. The minimum atomic E-state index is 0.626. The Morgan fingerprint density at radius 3 is 2.71 bits per heavy atom. The van der Waals surface area contributed by atoms with Gasteiger partial charge < -0.3 is 0 Å². The summed E-state index contributed by atoms with van der Waals surface area (Å²) in [6.07, 6.45) is 3.49. The molecule has 0 aliphatic heterocycles. The van der Waals surface area contributed by atoms with E-state index in [-0.39, 0.29) is 0 Å². The summed E-state index contributed by atoms with van der Waals surface area (Å²) in [6, 6.07) is 3.64. The van der Waals surface area contributed by atoms with Crippen LogP contribution >= 0.6 is 27.5 Å². The van der Waals surface area contributed by atoms with E-state index in [1.54, 1.807) is 16.9 Å². The first-order chi connectivity index (χ1) is 6.66. The average Bonchev–Trinajstić information content (AvgIpc) is 2.47. The highest BCUT2D eigenvalue weighted by atomic mass is 79.9. The molecule has 0 saturated carbocycles. The molecular formula is C9H7BrClN3. The van der Waals surface area contributed by atoms with Gasteiger partial charge in [-0.05, 0) is 28.1 Å². The lowest BCUT2D eigenvalue weighted by atomic mass is 10.3. The number of hydrogen-bond donors (Lipinski definition) is 0. The fourth-order valence-electron chi connectivity index (χ4n) is 1.15. The van der Waals surface area contributed by atoms with Crippen molar-refractivity contribution in [1.29, 1.82) is 0 Å². The van der Waals surface area contributed by atoms with Crippen molar-refractivity contribution in [2.24, 2.45) is 7.05 Å². The van der Waals surface area contributed by atoms with Crippen molar-refractivity contribution in [3.63, 3.8) is 0 Å². The van der Waals surface area contributed by atoms with Crippen LogP contribution in [-0.2, 0) is 7.05 Å². The maximum Gasteiger partial charge on any atom is 0.125 e. The van der Waals surface area contributed by atoms with E-state index >= 15 is 0 Å². The molecule has 0 spiro atoms. The maximum absolute atomic E-state index is 5.74. The van der Waals surface area contributed by atoms with Crippen molar-refractivity contribution >= 4 is 27.5 Å². The van der Waals surface area contributed by atoms with Crippen LogP contribution in [0.1, 0.15) is 0 Å². The third-order valence-corrected chi connectivity index (χ3v) is 2.56. The molecule has 2 heterocycles. The largest absolute Gasteiger partial charge is 0.274 e. The summed E-state index contributed by atoms with van der Waals surface area (Å²) in [5.41, 5.74) is 1.63. The Bertz CT molecular complexity index is 450. The van der Waals surface area contributed by atoms with Crippen LogP contribution in [-0.4, -0.2) is 14.8 Å². The van der Waals surface area contributed by atoms with Gasteiger partial charge in [-0.1, -0.05) is 11.6 Å². The Morgan fingerprint density at radius 2 is 2.21 bits per heavy atom. The van der Waals surface area contributed by atoms with Gasteiger partial charge in [0.15, 0.2) is 0 Å². The van der Waals surface area contributed by atoms with Gasteiger partial charge in [-0.2, -0.15) is 5.10 Å². The minimum absolute atomic E-state index is 0.626. The molecule has 0 fully saturated rings. The van der Waals surface area contributed by atoms with Crippen LogP contribution < -0.4 is 0 Å². The smallest absolute Gasteiger partial charge is 0.125 e. The normalized spacial score (nSPS) is 10.5. The quantitative estimate of drug-likeness (QED) is 0.799. The Hall–Kier alpha value is -0.870. The lowest BCUT2D eigenvalue weighted by Gasteiger charge is -1.96. The Labute approximate surface area is 94.9 Å². The standard InChI is InChI=1S/C9H7BrClN3/c1-14-5-7(10)9(13-14)8-3-2-6(11)4-12-8/h2-5H,1H3. The van der Waals surface area contributed by atoms with E-state index in [1.165, 1.54) is 0 Å². The van der Waals surface area contributed by atoms with E-state index < -0.39 is 0 Å². The second kappa shape index (κ2) is 3.71. The molecule has 0 unspecified atom stereocenters. The van der Waals surface area contributed by atoms with Crippen LogP contribution in [0, 0.1) is 0 Å². The van der Waals surface area contributed by atoms with E-state index in [0.29, 0.717) is 5.02 Å². The number of rotatable bonds is 1. The van der Waals surface area contributed by atoms with Gasteiger partial charge in [0.2, 0.25) is 0 Å². The molecular weight excluding hydrogens is 265 g/mol. The molecule has 2 aromatic rings. The van der Waals surface area contributed by atoms with Crippen LogP contribution in [0.25, 0.3) is 11.4 Å². The zero-order valence-electron chi connectivity index (χ0n) is 7.41. The van der Waals surface area contributed by atoms with E-state index in [0.717, 1.165) is 15.9 Å². The van der Waals surface area contributed by atoms with Crippen molar-refractivity contribution in [1.82, 2.24) is 14.8 Å². The lowest BCUT2D eigenvalue weighted by molar-refractivity contribution is 0.769. The number of halogens is 2. The highest BCUT2D eigenvalue weighted by Gasteiger charge is 2.08. The molecule has 0 aliphatic rings. The van der Waals surface area contributed by atoms with Crippen molar-refractivity contribution in [2.75, 3.05) is 0 Å². The molecule has 0 N–H and O–H groups in total. The van der Waals surface area contributed by atoms with Gasteiger partial charge in [0.1, 0.15) is 5.69 Å². The number of aromatic nitrogens is 3. The summed E-state index contributed by atoms with van der Waals surface area (Å²) in [5, 5.41) is 4.90. The Balaban J connectivity index is 2.49. The zero-order chi connectivity index (χ0) is 10.1. The van der Waals surface area contributed by atoms with E-state index in [2.05, 4.69) is 26.0 Å². The van der Waals surface area contributed by atoms with Crippen LogP contribution in [0.3, 0.4) is 0 Å². The lowest BCUT2D eigenvalue weighted by Crippen LogP contribution is -1.89. The first-order valence-corrected chi connectivity index (χ1v) is 5.15. The number of nitrogens with zero attached hydrogens (tertiary/aromatic N) is 3. The van der Waals surface area contributed by atoms with Crippen LogP contribution in [0.2, 0.25) is 5.02 Å². The minimum Gasteiger partial charge on any atom is -0.274 e. The van der Waals surface area contributed by atoms with Crippen molar-refractivity contribution in [3.8, 4) is 11.4 Å². The van der Waals surface area contributed by atoms with Crippen LogP contribution in [0.15, 0.2) is 29.0 Å². The second-order valence-corrected chi connectivity index (χ2v) is 4.15. The monoisotopic (exact) mass is 271 g/mol. The Kier molecular flexibility index (Phi) is 2.56. The van der Waals surface area contributed by atoms with Gasteiger partial charge in [-0.25, -0.2) is 0 Å². The third kappa shape index (κ3) is 1.81. The average molecular weight is 273 g/mol. The highest BCUT2D eigenvalue weighted by Crippen LogP contribution is 2.25. The van der Waals surface area contributed by atoms with Crippen molar-refractivity contribution in [3.05, 3.63) is 34.0 Å². The molecule has 0 atom stereocenters. The molecule has 0 aliphatic carbocycles. The predicted octanol–water partition coefficient (Wildman–Crippen LogP) is 2.90. The number of aryl methyl sites for hydroxylation is 1. The van der Waals surface area contributed by atoms with Crippen molar-refractivity contribution < 1.29 is 0 Å². The summed E-state index contributed by atoms with van der Waals surface area (Å²) in [7, 11) is 1.87. The summed E-state index contributed by atoms with van der Waals surface area (Å²) >= 11 is 9.16. The fourth-order valence-corrected chi connectivity index (χ4v) is 1.84. The van der Waals surface area contributed by atoms with E-state index in [4.69, 9.17) is 11.6 Å². The third-order valence-electron chi connectivity index (χ3n) is 1.75. The molecule has 5 heteroatoms. The Morgan fingerprint density at radius 1 is 1.43 bits per heavy atom. The van der Waals surface area contributed by atoms with Gasteiger partial charge in [-0.3, -0.25) is 9.67 Å². The van der Waals surface area contributed by atoms with Crippen LogP contribution in [0.5, 0.6) is 0 Å². The summed E-state index contributed by atoms with van der Waals surface area (Å²) in [5.74, 6) is 0. The molecule has 0 amide bonds. The van der Waals surface area contributed by atoms with Gasteiger partial charge in [-0.15, -0.1) is 0 Å². The SMILES string of the molecule is Cn1cc(Br)c(-c2ccc(Cl)cn2)n1. The second-order valence-electron chi connectivity index (χ2n) is 2.86. The first kappa shape index (κ1) is 9.68. The molecule has 0 aromatic carbocycles.